The summed E-state index contributed by atoms with van der Waals surface area (Å²) in [5.74, 6) is -0.225. The van der Waals surface area contributed by atoms with E-state index in [4.69, 9.17) is 0 Å². The molecule has 1 N–H and O–H groups in total. The summed E-state index contributed by atoms with van der Waals surface area (Å²) in [7, 11) is 0. The molecule has 3 heterocycles. The number of benzene rings is 2. The fraction of sp³-hybridized carbons (Fsp3) is 0.167. The Hall–Kier alpha value is -4.90. The lowest BCUT2D eigenvalue weighted by atomic mass is 9.98. The van der Waals surface area contributed by atoms with Crippen molar-refractivity contribution in [1.29, 1.82) is 5.26 Å². The van der Waals surface area contributed by atoms with Crippen molar-refractivity contribution in [3.8, 4) is 17.3 Å². The minimum absolute atomic E-state index is 0.0381. The first-order valence-corrected chi connectivity index (χ1v) is 12.3. The molecule has 8 heteroatoms. The van der Waals surface area contributed by atoms with Gasteiger partial charge in [-0.25, -0.2) is 9.37 Å². The Bertz CT molecular complexity index is 1520. The molecule has 0 aliphatic carbocycles. The first kappa shape index (κ1) is 24.8. The van der Waals surface area contributed by atoms with Crippen LogP contribution in [0.25, 0.3) is 11.3 Å². The summed E-state index contributed by atoms with van der Waals surface area (Å²) in [5, 5.41) is 12.5. The van der Waals surface area contributed by atoms with Crippen molar-refractivity contribution in [2.75, 3.05) is 18.0 Å². The maximum atomic E-state index is 13.5. The van der Waals surface area contributed by atoms with Gasteiger partial charge in [0.2, 0.25) is 0 Å². The number of piperidine rings is 1. The highest BCUT2D eigenvalue weighted by Crippen LogP contribution is 2.25. The Balaban J connectivity index is 1.23. The lowest BCUT2D eigenvalue weighted by Crippen LogP contribution is -2.45. The molecule has 4 aromatic rings. The molecule has 2 aromatic carbocycles. The van der Waals surface area contributed by atoms with Gasteiger partial charge < -0.3 is 10.2 Å². The van der Waals surface area contributed by atoms with E-state index in [1.165, 1.54) is 18.3 Å². The molecule has 1 aliphatic rings. The number of aromatic nitrogens is 2. The minimum Gasteiger partial charge on any atom is -0.356 e. The van der Waals surface area contributed by atoms with E-state index in [-0.39, 0.29) is 23.5 Å². The van der Waals surface area contributed by atoms with Crippen molar-refractivity contribution in [1.82, 2.24) is 15.3 Å². The maximum Gasteiger partial charge on any atom is 0.253 e. The van der Waals surface area contributed by atoms with Gasteiger partial charge in [0.15, 0.2) is 5.78 Å². The molecule has 1 fully saturated rings. The summed E-state index contributed by atoms with van der Waals surface area (Å²) in [6.45, 7) is 1.22. The molecular formula is C30H24FN5O2. The van der Waals surface area contributed by atoms with Crippen LogP contribution in [0.15, 0.2) is 85.2 Å². The molecule has 2 aromatic heterocycles. The number of rotatable bonds is 6. The SMILES string of the molecule is N#Cc1ccccc1C(=O)c1cccnc1N1CCC(NC(=O)c2ccc(-c3cccc(F)c3)nc2)CC1. The number of amides is 1. The van der Waals surface area contributed by atoms with Gasteiger partial charge in [-0.05, 0) is 61.4 Å². The standard InChI is InChI=1S/C30H24FN5O2/c31-23-7-3-6-20(17-23)27-11-10-22(19-34-27)30(38)35-24-12-15-36(16-13-24)29-26(9-4-14-33-29)28(37)25-8-2-1-5-21(25)18-32/h1-11,14,17,19,24H,12-13,15-16H2,(H,35,38). The number of nitrogens with one attached hydrogen (secondary N) is 1. The van der Waals surface area contributed by atoms with Crippen LogP contribution in [0.2, 0.25) is 0 Å². The summed E-state index contributed by atoms with van der Waals surface area (Å²) < 4.78 is 13.5. The normalized spacial score (nSPS) is 13.5. The number of nitrogens with zero attached hydrogens (tertiary/aromatic N) is 4. The highest BCUT2D eigenvalue weighted by Gasteiger charge is 2.26. The molecule has 38 heavy (non-hydrogen) atoms. The third-order valence-electron chi connectivity index (χ3n) is 6.60. The van der Waals surface area contributed by atoms with Crippen molar-refractivity contribution in [3.05, 3.63) is 113 Å². The number of hydrogen-bond acceptors (Lipinski definition) is 6. The van der Waals surface area contributed by atoms with Crippen molar-refractivity contribution in [2.24, 2.45) is 0 Å². The fourth-order valence-electron chi connectivity index (χ4n) is 4.60. The Morgan fingerprint density at radius 3 is 2.47 bits per heavy atom. The molecular weight excluding hydrogens is 481 g/mol. The minimum atomic E-state index is -0.341. The first-order chi connectivity index (χ1) is 18.5. The van der Waals surface area contributed by atoms with Crippen LogP contribution in [0, 0.1) is 17.1 Å². The number of ketones is 1. The van der Waals surface area contributed by atoms with E-state index >= 15 is 0 Å². The van der Waals surface area contributed by atoms with Gasteiger partial charge in [-0.2, -0.15) is 5.26 Å². The maximum absolute atomic E-state index is 13.5. The summed E-state index contributed by atoms with van der Waals surface area (Å²) in [6, 6.07) is 21.8. The molecule has 0 atom stereocenters. The fourth-order valence-corrected chi connectivity index (χ4v) is 4.60. The Morgan fingerprint density at radius 2 is 1.74 bits per heavy atom. The van der Waals surface area contributed by atoms with E-state index in [1.807, 2.05) is 4.90 Å². The predicted molar refractivity (Wildman–Crippen MR) is 141 cm³/mol. The second-order valence-corrected chi connectivity index (χ2v) is 9.04. The highest BCUT2D eigenvalue weighted by molar-refractivity contribution is 6.13. The van der Waals surface area contributed by atoms with Gasteiger partial charge in [0, 0.05) is 42.7 Å². The lowest BCUT2D eigenvalue weighted by molar-refractivity contribution is 0.0930. The molecule has 0 spiro atoms. The molecule has 7 nitrogen and oxygen atoms in total. The van der Waals surface area contributed by atoms with E-state index < -0.39 is 0 Å². The van der Waals surface area contributed by atoms with Crippen molar-refractivity contribution >= 4 is 17.5 Å². The van der Waals surface area contributed by atoms with Crippen molar-refractivity contribution < 1.29 is 14.0 Å². The van der Waals surface area contributed by atoms with Crippen LogP contribution in [-0.4, -0.2) is 40.8 Å². The molecule has 1 aliphatic heterocycles. The quantitative estimate of drug-likeness (QED) is 0.379. The number of hydrogen-bond donors (Lipinski definition) is 1. The zero-order valence-corrected chi connectivity index (χ0v) is 20.5. The number of nitriles is 1. The predicted octanol–water partition coefficient (Wildman–Crippen LogP) is 4.78. The second kappa shape index (κ2) is 11.0. The summed E-state index contributed by atoms with van der Waals surface area (Å²) in [4.78, 5) is 37.0. The number of carbonyl (C=O) groups is 2. The van der Waals surface area contributed by atoms with Gasteiger partial charge in [-0.15, -0.1) is 0 Å². The van der Waals surface area contributed by atoms with Gasteiger partial charge in [-0.1, -0.05) is 24.3 Å². The average Bonchev–Trinajstić information content (AvgIpc) is 2.97. The monoisotopic (exact) mass is 505 g/mol. The average molecular weight is 506 g/mol. The van der Waals surface area contributed by atoms with Gasteiger partial charge in [0.1, 0.15) is 11.6 Å². The lowest BCUT2D eigenvalue weighted by Gasteiger charge is -2.34. The van der Waals surface area contributed by atoms with E-state index in [9.17, 15) is 19.2 Å². The Kier molecular flexibility index (Phi) is 7.18. The zero-order valence-electron chi connectivity index (χ0n) is 20.5. The summed E-state index contributed by atoms with van der Waals surface area (Å²) >= 11 is 0. The van der Waals surface area contributed by atoms with Crippen LogP contribution in [0.5, 0.6) is 0 Å². The van der Waals surface area contributed by atoms with Crippen LogP contribution in [0.1, 0.15) is 44.7 Å². The third-order valence-corrected chi connectivity index (χ3v) is 6.60. The van der Waals surface area contributed by atoms with Crippen LogP contribution in [0.3, 0.4) is 0 Å². The Labute approximate surface area is 219 Å². The van der Waals surface area contributed by atoms with Crippen LogP contribution >= 0.6 is 0 Å². The molecule has 188 valence electrons. The molecule has 1 amide bonds. The van der Waals surface area contributed by atoms with E-state index in [0.29, 0.717) is 65.3 Å². The molecule has 0 saturated carbocycles. The van der Waals surface area contributed by atoms with Crippen molar-refractivity contribution in [2.45, 2.75) is 18.9 Å². The van der Waals surface area contributed by atoms with E-state index in [2.05, 4.69) is 21.4 Å². The van der Waals surface area contributed by atoms with Crippen molar-refractivity contribution in [3.63, 3.8) is 0 Å². The molecule has 5 rings (SSSR count). The molecule has 0 bridgehead atoms. The van der Waals surface area contributed by atoms with Gasteiger partial charge in [0.25, 0.3) is 5.91 Å². The largest absolute Gasteiger partial charge is 0.356 e. The van der Waals surface area contributed by atoms with E-state index in [1.54, 1.807) is 66.9 Å². The summed E-state index contributed by atoms with van der Waals surface area (Å²) in [6.07, 6.45) is 4.51. The number of pyridine rings is 2. The van der Waals surface area contributed by atoms with Crippen LogP contribution in [-0.2, 0) is 0 Å². The van der Waals surface area contributed by atoms with Gasteiger partial charge >= 0.3 is 0 Å². The smallest absolute Gasteiger partial charge is 0.253 e. The summed E-state index contributed by atoms with van der Waals surface area (Å²) in [5.41, 5.74) is 2.79. The Morgan fingerprint density at radius 1 is 0.947 bits per heavy atom. The zero-order chi connectivity index (χ0) is 26.5. The molecule has 0 unspecified atom stereocenters. The topological polar surface area (TPSA) is 99.0 Å². The molecule has 0 radical (unpaired) electrons. The van der Waals surface area contributed by atoms with E-state index in [0.717, 1.165) is 0 Å². The second-order valence-electron chi connectivity index (χ2n) is 9.04. The number of anilines is 1. The van der Waals surface area contributed by atoms with Gasteiger partial charge in [0.05, 0.1) is 28.5 Å². The first-order valence-electron chi connectivity index (χ1n) is 12.3. The molecule has 1 saturated heterocycles. The van der Waals surface area contributed by atoms with Crippen LogP contribution < -0.4 is 10.2 Å². The van der Waals surface area contributed by atoms with Crippen LogP contribution in [0.4, 0.5) is 10.2 Å². The third kappa shape index (κ3) is 5.27. The number of halogens is 1. The van der Waals surface area contributed by atoms with Gasteiger partial charge in [-0.3, -0.25) is 14.6 Å². The number of carbonyl (C=O) groups excluding carboxylic acids is 2. The highest BCUT2D eigenvalue weighted by atomic mass is 19.1.